The monoisotopic (exact) mass is 550 g/mol. The molecular formula is C26H26F4N4O5. The van der Waals surface area contributed by atoms with Crippen LogP contribution in [0.5, 0.6) is 5.75 Å². The molecule has 0 bridgehead atoms. The first-order valence-electron chi connectivity index (χ1n) is 12.0. The minimum absolute atomic E-state index is 0.0110. The summed E-state index contributed by atoms with van der Waals surface area (Å²) in [5.41, 5.74) is 1.29. The Balaban J connectivity index is 1.68. The van der Waals surface area contributed by atoms with E-state index in [2.05, 4.69) is 15.7 Å². The Labute approximate surface area is 221 Å². The van der Waals surface area contributed by atoms with E-state index in [4.69, 9.17) is 14.2 Å². The number of rotatable bonds is 11. The fourth-order valence-electron chi connectivity index (χ4n) is 3.94. The summed E-state index contributed by atoms with van der Waals surface area (Å²) in [4.78, 5) is 24.2. The summed E-state index contributed by atoms with van der Waals surface area (Å²) in [7, 11) is 1.52. The molecule has 2 heterocycles. The number of benzene rings is 2. The lowest BCUT2D eigenvalue weighted by molar-refractivity contribution is -0.176. The van der Waals surface area contributed by atoms with Crippen LogP contribution in [0.25, 0.3) is 16.9 Å². The highest BCUT2D eigenvalue weighted by atomic mass is 19.4. The second kappa shape index (κ2) is 12.3. The summed E-state index contributed by atoms with van der Waals surface area (Å²) >= 11 is 0. The van der Waals surface area contributed by atoms with Gasteiger partial charge in [0.2, 0.25) is 11.8 Å². The van der Waals surface area contributed by atoms with E-state index in [1.54, 1.807) is 24.3 Å². The number of anilines is 1. The van der Waals surface area contributed by atoms with E-state index in [1.807, 2.05) is 0 Å². The molecule has 4 rings (SSSR count). The lowest BCUT2D eigenvalue weighted by Gasteiger charge is -2.12. The standard InChI is InChI=1S/C26H26F4N4O5/c1-37-7-8-39-19-5-6-20(27)22(11-19)34-21(12-23(33-34)32-25(36)18-10-24(35)31-13-18)17-4-2-3-16(9-17)14-38-15-26(28,29)30/h2-6,9,11-12,18H,7-8,10,13-15H2,1H3,(H,31,35)(H,32,33,36)/t18-/m0/s1. The number of nitrogens with zero attached hydrogens (tertiary/aromatic N) is 2. The molecule has 0 spiro atoms. The van der Waals surface area contributed by atoms with Gasteiger partial charge in [-0.05, 0) is 23.8 Å². The zero-order valence-electron chi connectivity index (χ0n) is 20.9. The van der Waals surface area contributed by atoms with Gasteiger partial charge in [-0.2, -0.15) is 13.2 Å². The van der Waals surface area contributed by atoms with Crippen molar-refractivity contribution in [1.29, 1.82) is 0 Å². The van der Waals surface area contributed by atoms with Gasteiger partial charge >= 0.3 is 6.18 Å². The Hall–Kier alpha value is -3.97. The summed E-state index contributed by atoms with van der Waals surface area (Å²) in [5, 5.41) is 9.64. The number of amides is 2. The Kier molecular flexibility index (Phi) is 8.82. The van der Waals surface area contributed by atoms with Crippen molar-refractivity contribution in [1.82, 2.24) is 15.1 Å². The van der Waals surface area contributed by atoms with Crippen molar-refractivity contribution in [2.24, 2.45) is 5.92 Å². The molecule has 0 unspecified atom stereocenters. The van der Waals surface area contributed by atoms with Crippen LogP contribution in [-0.2, 0) is 25.7 Å². The average molecular weight is 551 g/mol. The number of hydrogen-bond donors (Lipinski definition) is 2. The van der Waals surface area contributed by atoms with E-state index in [1.165, 1.54) is 36.1 Å². The maximum atomic E-state index is 15.1. The lowest BCUT2D eigenvalue weighted by Crippen LogP contribution is -2.24. The average Bonchev–Trinajstić information content (AvgIpc) is 3.51. The molecule has 208 valence electrons. The van der Waals surface area contributed by atoms with Crippen molar-refractivity contribution in [2.75, 3.05) is 38.8 Å². The number of carbonyl (C=O) groups excluding carboxylic acids is 2. The van der Waals surface area contributed by atoms with Crippen LogP contribution in [-0.4, -0.2) is 61.2 Å². The van der Waals surface area contributed by atoms with Gasteiger partial charge in [0.15, 0.2) is 5.82 Å². The summed E-state index contributed by atoms with van der Waals surface area (Å²) in [5.74, 6) is -1.45. The normalized spacial score (nSPS) is 15.3. The van der Waals surface area contributed by atoms with Crippen molar-refractivity contribution < 1.29 is 41.4 Å². The van der Waals surface area contributed by atoms with Gasteiger partial charge in [0.1, 0.15) is 30.5 Å². The molecule has 1 saturated heterocycles. The number of alkyl halides is 3. The van der Waals surface area contributed by atoms with E-state index in [9.17, 15) is 22.8 Å². The van der Waals surface area contributed by atoms with Gasteiger partial charge in [0, 0.05) is 37.8 Å². The molecule has 13 heteroatoms. The first-order chi connectivity index (χ1) is 18.6. The number of methoxy groups -OCH3 is 1. The maximum Gasteiger partial charge on any atom is 0.411 e. The zero-order valence-corrected chi connectivity index (χ0v) is 20.9. The minimum atomic E-state index is -4.46. The molecule has 1 aliphatic heterocycles. The molecule has 1 aromatic heterocycles. The Morgan fingerprint density at radius 2 is 2.00 bits per heavy atom. The van der Waals surface area contributed by atoms with Crippen molar-refractivity contribution in [2.45, 2.75) is 19.2 Å². The van der Waals surface area contributed by atoms with Crippen molar-refractivity contribution >= 4 is 17.6 Å². The molecule has 0 saturated carbocycles. The second-order valence-corrected chi connectivity index (χ2v) is 8.78. The predicted molar refractivity (Wildman–Crippen MR) is 132 cm³/mol. The molecule has 0 aliphatic carbocycles. The van der Waals surface area contributed by atoms with Crippen LogP contribution in [0.15, 0.2) is 48.5 Å². The van der Waals surface area contributed by atoms with Crippen molar-refractivity contribution in [3.05, 3.63) is 59.9 Å². The van der Waals surface area contributed by atoms with Gasteiger partial charge in [-0.1, -0.05) is 18.2 Å². The molecule has 1 atom stereocenters. The fraction of sp³-hybridized carbons (Fsp3) is 0.346. The molecule has 1 fully saturated rings. The maximum absolute atomic E-state index is 15.1. The second-order valence-electron chi connectivity index (χ2n) is 8.78. The Morgan fingerprint density at radius 3 is 2.72 bits per heavy atom. The summed E-state index contributed by atoms with van der Waals surface area (Å²) in [6.45, 7) is -0.968. The summed E-state index contributed by atoms with van der Waals surface area (Å²) < 4.78 is 69.2. The highest BCUT2D eigenvalue weighted by molar-refractivity contribution is 5.97. The third kappa shape index (κ3) is 7.54. The van der Waals surface area contributed by atoms with E-state index in [0.717, 1.165) is 0 Å². The van der Waals surface area contributed by atoms with Gasteiger partial charge in [-0.3, -0.25) is 9.59 Å². The van der Waals surface area contributed by atoms with Gasteiger partial charge in [0.25, 0.3) is 0 Å². The van der Waals surface area contributed by atoms with Crippen LogP contribution < -0.4 is 15.4 Å². The molecule has 2 N–H and O–H groups in total. The van der Waals surface area contributed by atoms with Crippen LogP contribution in [0.1, 0.15) is 12.0 Å². The molecule has 3 aromatic rings. The number of halogens is 4. The SMILES string of the molecule is COCCOc1ccc(F)c(-n2nc(NC(=O)[C@@H]3CNC(=O)C3)cc2-c2cccc(COCC(F)(F)F)c2)c1. The third-order valence-electron chi connectivity index (χ3n) is 5.77. The van der Waals surface area contributed by atoms with Crippen LogP contribution in [0.4, 0.5) is 23.4 Å². The largest absolute Gasteiger partial charge is 0.491 e. The fourth-order valence-corrected chi connectivity index (χ4v) is 3.94. The zero-order chi connectivity index (χ0) is 28.0. The first kappa shape index (κ1) is 28.0. The molecule has 2 aromatic carbocycles. The van der Waals surface area contributed by atoms with E-state index >= 15 is 4.39 Å². The van der Waals surface area contributed by atoms with Crippen molar-refractivity contribution in [3.8, 4) is 22.7 Å². The smallest absolute Gasteiger partial charge is 0.411 e. The van der Waals surface area contributed by atoms with Gasteiger partial charge < -0.3 is 24.8 Å². The van der Waals surface area contributed by atoms with E-state index in [0.29, 0.717) is 29.2 Å². The van der Waals surface area contributed by atoms with Crippen LogP contribution in [0, 0.1) is 11.7 Å². The minimum Gasteiger partial charge on any atom is -0.491 e. The van der Waals surface area contributed by atoms with E-state index < -0.39 is 30.4 Å². The number of aromatic nitrogens is 2. The van der Waals surface area contributed by atoms with Crippen LogP contribution in [0.2, 0.25) is 0 Å². The number of carbonyl (C=O) groups is 2. The van der Waals surface area contributed by atoms with Gasteiger partial charge in [-0.25, -0.2) is 9.07 Å². The summed E-state index contributed by atoms with van der Waals surface area (Å²) in [6, 6.07) is 12.1. The molecule has 2 amide bonds. The van der Waals surface area contributed by atoms with Crippen LogP contribution in [0.3, 0.4) is 0 Å². The summed E-state index contributed by atoms with van der Waals surface area (Å²) in [6.07, 6.45) is -4.43. The van der Waals surface area contributed by atoms with Crippen LogP contribution >= 0.6 is 0 Å². The van der Waals surface area contributed by atoms with Gasteiger partial charge in [0.05, 0.1) is 24.8 Å². The number of hydrogen-bond acceptors (Lipinski definition) is 6. The quantitative estimate of drug-likeness (QED) is 0.278. The molecule has 0 radical (unpaired) electrons. The third-order valence-corrected chi connectivity index (χ3v) is 5.77. The molecule has 1 aliphatic rings. The highest BCUT2D eigenvalue weighted by Gasteiger charge is 2.29. The lowest BCUT2D eigenvalue weighted by atomic mass is 10.1. The molecule has 9 nitrogen and oxygen atoms in total. The predicted octanol–water partition coefficient (Wildman–Crippen LogP) is 3.86. The highest BCUT2D eigenvalue weighted by Crippen LogP contribution is 2.30. The topological polar surface area (TPSA) is 104 Å². The Bertz CT molecular complexity index is 1330. The molecular weight excluding hydrogens is 524 g/mol. The number of nitrogens with one attached hydrogen (secondary N) is 2. The number of ether oxygens (including phenoxy) is 3. The molecule has 39 heavy (non-hydrogen) atoms. The van der Waals surface area contributed by atoms with Gasteiger partial charge in [-0.15, -0.1) is 5.10 Å². The first-order valence-corrected chi connectivity index (χ1v) is 12.0. The van der Waals surface area contributed by atoms with Crippen molar-refractivity contribution in [3.63, 3.8) is 0 Å². The van der Waals surface area contributed by atoms with E-state index in [-0.39, 0.29) is 43.6 Å². The Morgan fingerprint density at radius 1 is 1.18 bits per heavy atom.